The molecule has 1 N–H and O–H groups in total. The topological polar surface area (TPSA) is 110 Å². The lowest BCUT2D eigenvalue weighted by atomic mass is 10.2. The van der Waals surface area contributed by atoms with Gasteiger partial charge in [-0.3, -0.25) is 4.68 Å². The van der Waals surface area contributed by atoms with Gasteiger partial charge in [-0.15, -0.1) is 0 Å². The smallest absolute Gasteiger partial charge is 0.326 e. The maximum atomic E-state index is 14.3. The van der Waals surface area contributed by atoms with E-state index < -0.39 is 17.8 Å². The van der Waals surface area contributed by atoms with Crippen molar-refractivity contribution in [3.63, 3.8) is 0 Å². The first-order valence-electron chi connectivity index (χ1n) is 9.55. The van der Waals surface area contributed by atoms with E-state index in [4.69, 9.17) is 4.52 Å². The van der Waals surface area contributed by atoms with Crippen molar-refractivity contribution in [2.75, 3.05) is 11.9 Å². The molecule has 0 spiro atoms. The van der Waals surface area contributed by atoms with Gasteiger partial charge in [0.2, 0.25) is 0 Å². The van der Waals surface area contributed by atoms with E-state index in [1.54, 1.807) is 30.3 Å². The summed E-state index contributed by atoms with van der Waals surface area (Å²) in [5.74, 6) is -2.40. The molecule has 0 saturated heterocycles. The summed E-state index contributed by atoms with van der Waals surface area (Å²) in [4.78, 5) is 20.7. The van der Waals surface area contributed by atoms with Crippen LogP contribution in [0.2, 0.25) is 0 Å². The number of halogens is 2. The van der Waals surface area contributed by atoms with Crippen molar-refractivity contribution in [1.82, 2.24) is 24.9 Å². The fourth-order valence-electron chi connectivity index (χ4n) is 3.06. The standard InChI is InChI=1S/C21H18F2N6O3/c1-12(21(30)31)28(2)20-15(23)10-24-19(25-20)17-9-18(16-7-8-32-27-16)29(26-17)11-13-5-3-4-6-14(13)22/h3-10,12H,11H2,1-2H3,(H,30,31). The van der Waals surface area contributed by atoms with Crippen LogP contribution in [0.5, 0.6) is 0 Å². The summed E-state index contributed by atoms with van der Waals surface area (Å²) in [6.07, 6.45) is 2.35. The van der Waals surface area contributed by atoms with Crippen molar-refractivity contribution in [2.45, 2.75) is 19.5 Å². The largest absolute Gasteiger partial charge is 0.480 e. The zero-order valence-corrected chi connectivity index (χ0v) is 17.1. The average Bonchev–Trinajstić information content (AvgIpc) is 3.44. The molecule has 4 rings (SSSR count). The monoisotopic (exact) mass is 440 g/mol. The molecule has 1 atom stereocenters. The van der Waals surface area contributed by atoms with Crippen LogP contribution in [0.4, 0.5) is 14.6 Å². The Hall–Kier alpha value is -4.15. The number of benzene rings is 1. The van der Waals surface area contributed by atoms with Gasteiger partial charge < -0.3 is 14.5 Å². The van der Waals surface area contributed by atoms with E-state index >= 15 is 0 Å². The number of hydrogen-bond acceptors (Lipinski definition) is 7. The van der Waals surface area contributed by atoms with Crippen LogP contribution in [0.25, 0.3) is 22.9 Å². The molecule has 9 nitrogen and oxygen atoms in total. The second-order valence-corrected chi connectivity index (χ2v) is 7.04. The van der Waals surface area contributed by atoms with Crippen LogP contribution >= 0.6 is 0 Å². The Labute approximate surface area is 180 Å². The Morgan fingerprint density at radius 3 is 2.69 bits per heavy atom. The first-order valence-corrected chi connectivity index (χ1v) is 9.55. The number of carboxylic acid groups (broad SMARTS) is 1. The molecule has 0 bridgehead atoms. The molecule has 0 radical (unpaired) electrons. The summed E-state index contributed by atoms with van der Waals surface area (Å²) in [5, 5.41) is 17.6. The zero-order valence-electron chi connectivity index (χ0n) is 17.1. The minimum Gasteiger partial charge on any atom is -0.480 e. The third-order valence-corrected chi connectivity index (χ3v) is 4.99. The molecule has 4 aromatic rings. The Morgan fingerprint density at radius 2 is 2.00 bits per heavy atom. The number of carboxylic acids is 1. The van der Waals surface area contributed by atoms with Crippen LogP contribution < -0.4 is 4.90 Å². The third kappa shape index (κ3) is 4.04. The average molecular weight is 440 g/mol. The van der Waals surface area contributed by atoms with Gasteiger partial charge in [0.25, 0.3) is 0 Å². The second-order valence-electron chi connectivity index (χ2n) is 7.04. The number of rotatable bonds is 7. The summed E-state index contributed by atoms with van der Waals surface area (Å²) in [6.45, 7) is 1.51. The van der Waals surface area contributed by atoms with Crippen LogP contribution in [0.1, 0.15) is 12.5 Å². The van der Waals surface area contributed by atoms with Crippen molar-refractivity contribution in [1.29, 1.82) is 0 Å². The van der Waals surface area contributed by atoms with Crippen molar-refractivity contribution in [2.24, 2.45) is 0 Å². The highest BCUT2D eigenvalue weighted by Crippen LogP contribution is 2.27. The number of anilines is 1. The van der Waals surface area contributed by atoms with E-state index in [2.05, 4.69) is 20.2 Å². The van der Waals surface area contributed by atoms with Gasteiger partial charge in [-0.1, -0.05) is 23.4 Å². The number of carbonyl (C=O) groups is 1. The lowest BCUT2D eigenvalue weighted by Gasteiger charge is -2.22. The maximum Gasteiger partial charge on any atom is 0.326 e. The molecule has 1 aromatic carbocycles. The molecule has 0 aliphatic heterocycles. The lowest BCUT2D eigenvalue weighted by molar-refractivity contribution is -0.138. The number of nitrogens with zero attached hydrogens (tertiary/aromatic N) is 6. The van der Waals surface area contributed by atoms with Gasteiger partial charge in [-0.25, -0.2) is 23.5 Å². The minimum atomic E-state index is -1.13. The Balaban J connectivity index is 1.77. The highest BCUT2D eigenvalue weighted by atomic mass is 19.1. The third-order valence-electron chi connectivity index (χ3n) is 4.99. The Bertz CT molecular complexity index is 1260. The normalized spacial score (nSPS) is 12.0. The van der Waals surface area contributed by atoms with Gasteiger partial charge in [0.05, 0.1) is 18.4 Å². The van der Waals surface area contributed by atoms with Crippen LogP contribution in [-0.2, 0) is 11.3 Å². The minimum absolute atomic E-state index is 0.0721. The van der Waals surface area contributed by atoms with Crippen LogP contribution in [0.3, 0.4) is 0 Å². The number of aliphatic carboxylic acids is 1. The molecular weight excluding hydrogens is 422 g/mol. The van der Waals surface area contributed by atoms with Crippen LogP contribution in [0.15, 0.2) is 53.4 Å². The van der Waals surface area contributed by atoms with Gasteiger partial charge in [-0.2, -0.15) is 5.10 Å². The van der Waals surface area contributed by atoms with E-state index in [9.17, 15) is 18.7 Å². The predicted octanol–water partition coefficient (Wildman–Crippen LogP) is 3.23. The fourth-order valence-corrected chi connectivity index (χ4v) is 3.06. The molecule has 0 fully saturated rings. The van der Waals surface area contributed by atoms with E-state index in [0.717, 1.165) is 6.20 Å². The van der Waals surface area contributed by atoms with E-state index in [-0.39, 0.29) is 29.7 Å². The van der Waals surface area contributed by atoms with Gasteiger partial charge in [-0.05, 0) is 19.1 Å². The highest BCUT2D eigenvalue weighted by molar-refractivity contribution is 5.77. The summed E-state index contributed by atoms with van der Waals surface area (Å²) < 4.78 is 35.0. The maximum absolute atomic E-state index is 14.3. The quantitative estimate of drug-likeness (QED) is 0.466. The summed E-state index contributed by atoms with van der Waals surface area (Å²) in [7, 11) is 1.42. The van der Waals surface area contributed by atoms with Crippen molar-refractivity contribution < 1.29 is 23.2 Å². The highest BCUT2D eigenvalue weighted by Gasteiger charge is 2.23. The molecule has 0 saturated carbocycles. The SMILES string of the molecule is CC(C(=O)O)N(C)c1nc(-c2cc(-c3ccon3)n(Cc3ccccc3F)n2)ncc1F. The van der Waals surface area contributed by atoms with E-state index in [0.29, 0.717) is 17.0 Å². The summed E-state index contributed by atoms with van der Waals surface area (Å²) in [6, 6.07) is 8.52. The van der Waals surface area contributed by atoms with Crippen molar-refractivity contribution >= 4 is 11.8 Å². The molecule has 0 aliphatic rings. The Kier molecular flexibility index (Phi) is 5.63. The zero-order chi connectivity index (χ0) is 22.8. The number of aromatic nitrogens is 5. The molecule has 11 heteroatoms. The van der Waals surface area contributed by atoms with Gasteiger partial charge in [0, 0.05) is 18.7 Å². The molecule has 3 aromatic heterocycles. The molecule has 0 aliphatic carbocycles. The molecule has 3 heterocycles. The van der Waals surface area contributed by atoms with Crippen molar-refractivity contribution in [3.05, 3.63) is 66.1 Å². The predicted molar refractivity (Wildman–Crippen MR) is 110 cm³/mol. The van der Waals surface area contributed by atoms with Crippen LogP contribution in [0, 0.1) is 11.6 Å². The molecule has 164 valence electrons. The number of likely N-dealkylation sites (N-methyl/N-ethyl adjacent to an activating group) is 1. The fraction of sp³-hybridized carbons (Fsp3) is 0.190. The molecule has 32 heavy (non-hydrogen) atoms. The summed E-state index contributed by atoms with van der Waals surface area (Å²) >= 11 is 0. The van der Waals surface area contributed by atoms with Gasteiger partial charge >= 0.3 is 5.97 Å². The van der Waals surface area contributed by atoms with Crippen LogP contribution in [-0.4, -0.2) is 49.1 Å². The molecular formula is C21H18F2N6O3. The van der Waals surface area contributed by atoms with E-state index in [1.807, 2.05) is 0 Å². The first kappa shape index (κ1) is 21.1. The summed E-state index contributed by atoms with van der Waals surface area (Å²) in [5.41, 5.74) is 1.65. The van der Waals surface area contributed by atoms with Gasteiger partial charge in [0.15, 0.2) is 17.5 Å². The van der Waals surface area contributed by atoms with Crippen molar-refractivity contribution in [3.8, 4) is 22.9 Å². The van der Waals surface area contributed by atoms with E-state index in [1.165, 1.54) is 35.9 Å². The molecule has 1 unspecified atom stereocenters. The number of hydrogen-bond donors (Lipinski definition) is 1. The van der Waals surface area contributed by atoms with Gasteiger partial charge in [0.1, 0.15) is 29.5 Å². The lowest BCUT2D eigenvalue weighted by Crippen LogP contribution is -2.37. The second kappa shape index (κ2) is 8.53. The Morgan fingerprint density at radius 1 is 1.22 bits per heavy atom. The first-order chi connectivity index (χ1) is 15.3. The molecule has 0 amide bonds.